The van der Waals surface area contributed by atoms with E-state index in [1.807, 2.05) is 33.8 Å². The Morgan fingerprint density at radius 3 is 2.59 bits per heavy atom. The van der Waals surface area contributed by atoms with Crippen LogP contribution in [-0.2, 0) is 9.53 Å². The van der Waals surface area contributed by atoms with Gasteiger partial charge in [0.25, 0.3) is 0 Å². The summed E-state index contributed by atoms with van der Waals surface area (Å²) in [4.78, 5) is 24.9. The first-order valence-electron chi connectivity index (χ1n) is 8.72. The molecule has 0 atom stereocenters. The molecular formula is C22H22O5. The number of carbonyl (C=O) groups is 2. The fourth-order valence-corrected chi connectivity index (χ4v) is 3.11. The van der Waals surface area contributed by atoms with Crippen LogP contribution in [0.25, 0.3) is 6.08 Å². The summed E-state index contributed by atoms with van der Waals surface area (Å²) >= 11 is 0. The Hall–Kier alpha value is -3.08. The summed E-state index contributed by atoms with van der Waals surface area (Å²) in [7, 11) is 0. The van der Waals surface area contributed by atoms with Crippen LogP contribution in [0.3, 0.4) is 0 Å². The highest BCUT2D eigenvalue weighted by atomic mass is 16.5. The Kier molecular flexibility index (Phi) is 5.04. The van der Waals surface area contributed by atoms with Gasteiger partial charge >= 0.3 is 5.97 Å². The number of carbonyl (C=O) groups excluding carboxylic acids is 2. The largest absolute Gasteiger partial charge is 0.504 e. The van der Waals surface area contributed by atoms with Gasteiger partial charge in [0.15, 0.2) is 18.1 Å². The van der Waals surface area contributed by atoms with Gasteiger partial charge in [-0.15, -0.1) is 0 Å². The van der Waals surface area contributed by atoms with Crippen LogP contribution in [0.5, 0.6) is 11.5 Å². The molecule has 0 spiro atoms. The maximum absolute atomic E-state index is 12.6. The van der Waals surface area contributed by atoms with Crippen molar-refractivity contribution in [1.29, 1.82) is 0 Å². The van der Waals surface area contributed by atoms with Gasteiger partial charge < -0.3 is 14.6 Å². The van der Waals surface area contributed by atoms with Crippen LogP contribution < -0.4 is 4.74 Å². The summed E-state index contributed by atoms with van der Waals surface area (Å²) in [6.07, 6.45) is 1.61. The maximum Gasteiger partial charge on any atom is 0.337 e. The highest BCUT2D eigenvalue weighted by Gasteiger charge is 2.22. The summed E-state index contributed by atoms with van der Waals surface area (Å²) < 4.78 is 10.6. The van der Waals surface area contributed by atoms with Crippen molar-refractivity contribution >= 4 is 17.8 Å². The Labute approximate surface area is 158 Å². The number of Topliss-reactive ketones (excluding diaryl/α,β-unsaturated/α-hetero) is 1. The summed E-state index contributed by atoms with van der Waals surface area (Å²) in [6.45, 7) is 7.53. The van der Waals surface area contributed by atoms with Crippen LogP contribution in [0.2, 0.25) is 0 Å². The normalized spacial score (nSPS) is 12.7. The van der Waals surface area contributed by atoms with Gasteiger partial charge in [-0.05, 0) is 68.2 Å². The molecule has 0 amide bonds. The molecule has 27 heavy (non-hydrogen) atoms. The molecular weight excluding hydrogens is 344 g/mol. The number of benzene rings is 2. The average molecular weight is 366 g/mol. The van der Waals surface area contributed by atoms with E-state index in [1.54, 1.807) is 18.2 Å². The minimum Gasteiger partial charge on any atom is -0.504 e. The lowest BCUT2D eigenvalue weighted by Gasteiger charge is -2.18. The predicted molar refractivity (Wildman–Crippen MR) is 102 cm³/mol. The van der Waals surface area contributed by atoms with Crippen LogP contribution in [-0.4, -0.2) is 30.1 Å². The molecule has 0 unspecified atom stereocenters. The number of aryl methyl sites for hydroxylation is 1. The topological polar surface area (TPSA) is 72.8 Å². The number of para-hydroxylation sites is 1. The molecule has 1 aliphatic heterocycles. The quantitative estimate of drug-likeness (QED) is 0.658. The molecule has 0 saturated heterocycles. The van der Waals surface area contributed by atoms with Gasteiger partial charge in [-0.1, -0.05) is 12.1 Å². The van der Waals surface area contributed by atoms with E-state index < -0.39 is 5.97 Å². The summed E-state index contributed by atoms with van der Waals surface area (Å²) in [6, 6.07) is 6.75. The molecule has 0 aliphatic carbocycles. The van der Waals surface area contributed by atoms with Crippen molar-refractivity contribution in [1.82, 2.24) is 0 Å². The van der Waals surface area contributed by atoms with Crippen LogP contribution in [0.4, 0.5) is 0 Å². The van der Waals surface area contributed by atoms with E-state index in [4.69, 9.17) is 9.47 Å². The SMILES string of the molecule is Cc1cc(C(=O)COC(=O)C2=Cc3cccc(O)c3OC2)c(C)c(C)c1C. The van der Waals surface area contributed by atoms with Gasteiger partial charge in [0, 0.05) is 11.1 Å². The fourth-order valence-electron chi connectivity index (χ4n) is 3.11. The van der Waals surface area contributed by atoms with E-state index in [0.717, 1.165) is 22.3 Å². The number of esters is 1. The van der Waals surface area contributed by atoms with Gasteiger partial charge in [0.1, 0.15) is 6.61 Å². The first-order valence-corrected chi connectivity index (χ1v) is 8.72. The Morgan fingerprint density at radius 2 is 1.85 bits per heavy atom. The predicted octanol–water partition coefficient (Wildman–Crippen LogP) is 3.83. The number of rotatable bonds is 4. The Bertz CT molecular complexity index is 969. The fraction of sp³-hybridized carbons (Fsp3) is 0.273. The molecule has 2 aromatic rings. The van der Waals surface area contributed by atoms with Gasteiger partial charge in [0.2, 0.25) is 5.78 Å². The molecule has 5 heteroatoms. The molecule has 0 fully saturated rings. The molecule has 0 aromatic heterocycles. The third kappa shape index (κ3) is 3.58. The van der Waals surface area contributed by atoms with E-state index in [2.05, 4.69) is 0 Å². The minimum atomic E-state index is -0.601. The summed E-state index contributed by atoms with van der Waals surface area (Å²) in [5.41, 5.74) is 5.65. The highest BCUT2D eigenvalue weighted by Crippen LogP contribution is 2.34. The first kappa shape index (κ1) is 18.7. The minimum absolute atomic E-state index is 0.0145. The van der Waals surface area contributed by atoms with E-state index in [-0.39, 0.29) is 24.7 Å². The molecule has 3 rings (SSSR count). The van der Waals surface area contributed by atoms with Crippen LogP contribution in [0.1, 0.15) is 38.2 Å². The number of phenols is 1. The number of hydrogen-bond acceptors (Lipinski definition) is 5. The lowest BCUT2D eigenvalue weighted by molar-refractivity contribution is -0.138. The highest BCUT2D eigenvalue weighted by molar-refractivity contribution is 6.02. The number of aromatic hydroxyl groups is 1. The molecule has 0 bridgehead atoms. The number of fused-ring (bicyclic) bond motifs is 1. The van der Waals surface area contributed by atoms with E-state index in [0.29, 0.717) is 22.4 Å². The van der Waals surface area contributed by atoms with Crippen molar-refractivity contribution in [3.05, 3.63) is 63.2 Å². The van der Waals surface area contributed by atoms with Gasteiger partial charge in [-0.3, -0.25) is 4.79 Å². The monoisotopic (exact) mass is 366 g/mol. The first-order chi connectivity index (χ1) is 12.8. The smallest absolute Gasteiger partial charge is 0.337 e. The zero-order valence-electron chi connectivity index (χ0n) is 15.9. The van der Waals surface area contributed by atoms with Crippen molar-refractivity contribution < 1.29 is 24.2 Å². The van der Waals surface area contributed by atoms with E-state index in [9.17, 15) is 14.7 Å². The van der Waals surface area contributed by atoms with Crippen molar-refractivity contribution in [3.8, 4) is 11.5 Å². The lowest BCUT2D eigenvalue weighted by Crippen LogP contribution is -2.21. The second-order valence-electron chi connectivity index (χ2n) is 6.77. The summed E-state index contributed by atoms with van der Waals surface area (Å²) in [5.74, 6) is -0.476. The van der Waals surface area contributed by atoms with Crippen molar-refractivity contribution in [2.75, 3.05) is 13.2 Å². The second-order valence-corrected chi connectivity index (χ2v) is 6.77. The van der Waals surface area contributed by atoms with Crippen LogP contribution in [0, 0.1) is 27.7 Å². The third-order valence-corrected chi connectivity index (χ3v) is 5.10. The molecule has 1 aliphatic rings. The maximum atomic E-state index is 12.6. The average Bonchev–Trinajstić information content (AvgIpc) is 2.66. The van der Waals surface area contributed by atoms with Gasteiger partial charge in [-0.2, -0.15) is 0 Å². The number of ketones is 1. The van der Waals surface area contributed by atoms with Crippen LogP contribution in [0.15, 0.2) is 29.8 Å². The van der Waals surface area contributed by atoms with E-state index in [1.165, 1.54) is 6.07 Å². The zero-order chi connectivity index (χ0) is 19.7. The van der Waals surface area contributed by atoms with Gasteiger partial charge in [0.05, 0.1) is 5.57 Å². The van der Waals surface area contributed by atoms with Crippen LogP contribution >= 0.6 is 0 Å². The molecule has 5 nitrogen and oxygen atoms in total. The summed E-state index contributed by atoms with van der Waals surface area (Å²) in [5, 5.41) is 9.76. The molecule has 0 saturated carbocycles. The standard InChI is InChI=1S/C22H22O5/c1-12-8-18(15(4)14(3)13(12)2)20(24)11-27-22(25)17-9-16-6-5-7-19(23)21(16)26-10-17/h5-9,23H,10-11H2,1-4H3. The number of ether oxygens (including phenoxy) is 2. The lowest BCUT2D eigenvalue weighted by atomic mass is 9.93. The third-order valence-electron chi connectivity index (χ3n) is 5.10. The molecule has 1 N–H and O–H groups in total. The van der Waals surface area contributed by atoms with Crippen molar-refractivity contribution in [2.24, 2.45) is 0 Å². The molecule has 140 valence electrons. The Morgan fingerprint density at radius 1 is 1.11 bits per heavy atom. The second kappa shape index (κ2) is 7.27. The number of hydrogen-bond donors (Lipinski definition) is 1. The van der Waals surface area contributed by atoms with Gasteiger partial charge in [-0.25, -0.2) is 4.79 Å². The molecule has 1 heterocycles. The molecule has 2 aromatic carbocycles. The van der Waals surface area contributed by atoms with Crippen molar-refractivity contribution in [2.45, 2.75) is 27.7 Å². The molecule has 0 radical (unpaired) electrons. The number of phenolic OH excluding ortho intramolecular Hbond substituents is 1. The zero-order valence-corrected chi connectivity index (χ0v) is 15.9. The Balaban J connectivity index is 1.72. The van der Waals surface area contributed by atoms with Crippen molar-refractivity contribution in [3.63, 3.8) is 0 Å². The van der Waals surface area contributed by atoms with E-state index >= 15 is 0 Å².